The van der Waals surface area contributed by atoms with Crippen LogP contribution in [0.1, 0.15) is 5.56 Å². The molecule has 0 unspecified atom stereocenters. The number of urea groups is 1. The summed E-state index contributed by atoms with van der Waals surface area (Å²) in [6.07, 6.45) is 3.31. The molecule has 3 rings (SSSR count). The number of anilines is 1. The fraction of sp³-hybridized carbons (Fsp3) is 0.0769. The van der Waals surface area contributed by atoms with E-state index < -0.39 is 0 Å². The number of amides is 2. The van der Waals surface area contributed by atoms with Gasteiger partial charge in [-0.05, 0) is 17.1 Å². The summed E-state index contributed by atoms with van der Waals surface area (Å²) < 4.78 is 1.48. The molecule has 0 radical (unpaired) electrons. The summed E-state index contributed by atoms with van der Waals surface area (Å²) in [5.41, 5.74) is 0.937. The van der Waals surface area contributed by atoms with E-state index in [9.17, 15) is 4.79 Å². The number of fused-ring (bicyclic) bond motifs is 1. The summed E-state index contributed by atoms with van der Waals surface area (Å²) in [7, 11) is 0. The Morgan fingerprint density at radius 2 is 2.05 bits per heavy atom. The number of rotatable bonds is 2. The van der Waals surface area contributed by atoms with Gasteiger partial charge in [-0.2, -0.15) is 5.01 Å². The van der Waals surface area contributed by atoms with Gasteiger partial charge in [-0.1, -0.05) is 12.1 Å². The highest BCUT2D eigenvalue weighted by Gasteiger charge is 2.29. The van der Waals surface area contributed by atoms with Crippen LogP contribution in [0.15, 0.2) is 42.7 Å². The largest absolute Gasteiger partial charge is 0.359 e. The van der Waals surface area contributed by atoms with Crippen molar-refractivity contribution < 1.29 is 9.48 Å². The molecule has 1 N–H and O–H groups in total. The maximum absolute atomic E-state index is 12.0. The summed E-state index contributed by atoms with van der Waals surface area (Å²) in [5, 5.41) is 4.21. The van der Waals surface area contributed by atoms with Crippen LogP contribution in [-0.2, 0) is 6.54 Å². The lowest BCUT2D eigenvalue weighted by Gasteiger charge is -2.26. The molecule has 2 amide bonds. The van der Waals surface area contributed by atoms with Crippen LogP contribution in [0.4, 0.5) is 16.4 Å². The minimum Gasteiger partial charge on any atom is -0.289 e. The molecule has 0 aliphatic carbocycles. The molecule has 6 heteroatoms. The lowest BCUT2D eigenvalue weighted by Crippen LogP contribution is -2.43. The quantitative estimate of drug-likeness (QED) is 0.656. The van der Waals surface area contributed by atoms with Crippen LogP contribution in [0.25, 0.3) is 0 Å². The molecule has 0 spiro atoms. The normalized spacial score (nSPS) is 13.7. The first kappa shape index (κ1) is 11.3. The summed E-state index contributed by atoms with van der Waals surface area (Å²) in [6, 6.07) is 8.93. The van der Waals surface area contributed by atoms with E-state index in [1.165, 1.54) is 9.69 Å². The van der Waals surface area contributed by atoms with Crippen molar-refractivity contribution >= 4 is 24.4 Å². The van der Waals surface area contributed by atoms with Crippen molar-refractivity contribution in [1.29, 1.82) is 0 Å². The maximum Gasteiger partial charge on any atom is 0.359 e. The van der Waals surface area contributed by atoms with Crippen LogP contribution in [0.2, 0.25) is 0 Å². The molecule has 19 heavy (non-hydrogen) atoms. The number of hydrazine groups is 1. The molecule has 2 aromatic rings. The second-order valence-electron chi connectivity index (χ2n) is 4.09. The standard InChI is InChI=1S/C13H11N5O/c1-17(11-6-2-3-7-14-11)18-9-10-5-4-8-15-12(10)16-13(18)19/h2-8H,1,9H2/p+1. The van der Waals surface area contributed by atoms with E-state index >= 15 is 0 Å². The lowest BCUT2D eigenvalue weighted by molar-refractivity contribution is -0.598. The molecule has 1 aliphatic rings. The van der Waals surface area contributed by atoms with Crippen LogP contribution >= 0.6 is 0 Å². The maximum atomic E-state index is 12.0. The summed E-state index contributed by atoms with van der Waals surface area (Å²) >= 11 is 0. The van der Waals surface area contributed by atoms with Crippen LogP contribution in [0.5, 0.6) is 0 Å². The number of hydrazone groups is 1. The van der Waals surface area contributed by atoms with Gasteiger partial charge in [0.2, 0.25) is 0 Å². The molecule has 3 heterocycles. The minimum absolute atomic E-state index is 0.271. The summed E-state index contributed by atoms with van der Waals surface area (Å²) in [4.78, 5) is 20.3. The van der Waals surface area contributed by atoms with E-state index in [0.29, 0.717) is 18.2 Å². The van der Waals surface area contributed by atoms with Crippen molar-refractivity contribution in [3.05, 3.63) is 48.3 Å². The molecular formula is C13H12N5O+. The first-order valence-corrected chi connectivity index (χ1v) is 5.79. The number of nitrogens with one attached hydrogen (secondary N) is 1. The molecule has 94 valence electrons. The van der Waals surface area contributed by atoms with Crippen molar-refractivity contribution in [3.63, 3.8) is 0 Å². The highest BCUT2D eigenvalue weighted by Crippen LogP contribution is 2.22. The first-order chi connectivity index (χ1) is 9.25. The van der Waals surface area contributed by atoms with Crippen LogP contribution in [-0.4, -0.2) is 32.4 Å². The Labute approximate surface area is 110 Å². The summed E-state index contributed by atoms with van der Waals surface area (Å²) in [6.45, 7) is 4.28. The monoisotopic (exact) mass is 254 g/mol. The van der Waals surface area contributed by atoms with E-state index in [0.717, 1.165) is 5.56 Å². The molecule has 1 aliphatic heterocycles. The van der Waals surface area contributed by atoms with Gasteiger partial charge in [-0.25, -0.2) is 9.78 Å². The van der Waals surface area contributed by atoms with E-state index in [1.807, 2.05) is 24.3 Å². The van der Waals surface area contributed by atoms with E-state index in [4.69, 9.17) is 0 Å². The van der Waals surface area contributed by atoms with Gasteiger partial charge in [0.05, 0.1) is 13.3 Å². The predicted octanol–water partition coefficient (Wildman–Crippen LogP) is 1.78. The molecule has 0 saturated carbocycles. The Kier molecular flexibility index (Phi) is 2.68. The van der Waals surface area contributed by atoms with Crippen molar-refractivity contribution in [2.75, 3.05) is 5.32 Å². The van der Waals surface area contributed by atoms with Gasteiger partial charge in [-0.3, -0.25) is 5.32 Å². The van der Waals surface area contributed by atoms with Gasteiger partial charge in [0.1, 0.15) is 12.0 Å². The second-order valence-corrected chi connectivity index (χ2v) is 4.09. The number of hydrogen-bond acceptors (Lipinski definition) is 3. The lowest BCUT2D eigenvalue weighted by atomic mass is 10.2. The van der Waals surface area contributed by atoms with Gasteiger partial charge >= 0.3 is 11.8 Å². The second kappa shape index (κ2) is 4.49. The van der Waals surface area contributed by atoms with Crippen molar-refractivity contribution in [2.24, 2.45) is 0 Å². The number of hydrogen-bond donors (Lipinski definition) is 1. The molecule has 0 saturated heterocycles. The van der Waals surface area contributed by atoms with Crippen LogP contribution < -0.4 is 5.32 Å². The number of pyridine rings is 2. The van der Waals surface area contributed by atoms with E-state index in [1.54, 1.807) is 18.5 Å². The molecule has 6 nitrogen and oxygen atoms in total. The molecular weight excluding hydrogens is 242 g/mol. The van der Waals surface area contributed by atoms with Gasteiger partial charge in [0.25, 0.3) is 0 Å². The Bertz CT molecular complexity index is 640. The van der Waals surface area contributed by atoms with Gasteiger partial charge in [0.15, 0.2) is 0 Å². The van der Waals surface area contributed by atoms with Crippen molar-refractivity contribution in [2.45, 2.75) is 6.54 Å². The zero-order chi connectivity index (χ0) is 13.2. The SMILES string of the molecule is C=[N+](c1ccccn1)N1Cc2cccnc2NC1=O. The van der Waals surface area contributed by atoms with Crippen molar-refractivity contribution in [1.82, 2.24) is 15.0 Å². The van der Waals surface area contributed by atoms with Gasteiger partial charge < -0.3 is 0 Å². The van der Waals surface area contributed by atoms with Crippen LogP contribution in [0.3, 0.4) is 0 Å². The topological polar surface area (TPSA) is 61.1 Å². The van der Waals surface area contributed by atoms with Gasteiger partial charge in [0, 0.05) is 17.8 Å². The number of carbonyl (C=O) groups excluding carboxylic acids is 1. The zero-order valence-corrected chi connectivity index (χ0v) is 10.2. The minimum atomic E-state index is -0.271. The molecule has 2 aromatic heterocycles. The van der Waals surface area contributed by atoms with Gasteiger partial charge in [-0.15, -0.1) is 4.68 Å². The smallest absolute Gasteiger partial charge is 0.289 e. The number of carbonyl (C=O) groups is 1. The van der Waals surface area contributed by atoms with E-state index in [2.05, 4.69) is 22.0 Å². The zero-order valence-electron chi connectivity index (χ0n) is 10.2. The third-order valence-electron chi connectivity index (χ3n) is 2.88. The van der Waals surface area contributed by atoms with Crippen LogP contribution in [0, 0.1) is 0 Å². The molecule has 0 atom stereocenters. The fourth-order valence-corrected chi connectivity index (χ4v) is 1.90. The van der Waals surface area contributed by atoms with E-state index in [-0.39, 0.29) is 6.03 Å². The highest BCUT2D eigenvalue weighted by atomic mass is 16.2. The Morgan fingerprint density at radius 1 is 1.21 bits per heavy atom. The predicted molar refractivity (Wildman–Crippen MR) is 70.1 cm³/mol. The number of nitrogens with zero attached hydrogens (tertiary/aromatic N) is 4. The number of aromatic nitrogens is 2. The molecule has 0 aromatic carbocycles. The molecule has 0 fully saturated rings. The summed E-state index contributed by atoms with van der Waals surface area (Å²) in [5.74, 6) is 1.20. The average Bonchev–Trinajstić information content (AvgIpc) is 2.47. The highest BCUT2D eigenvalue weighted by molar-refractivity contribution is 5.90. The Balaban J connectivity index is 1.91. The van der Waals surface area contributed by atoms with Crippen molar-refractivity contribution in [3.8, 4) is 0 Å². The Hall–Kier alpha value is -2.76. The third-order valence-corrected chi connectivity index (χ3v) is 2.88. The third kappa shape index (κ3) is 2.03. The average molecular weight is 254 g/mol. The fourth-order valence-electron chi connectivity index (χ4n) is 1.90. The first-order valence-electron chi connectivity index (χ1n) is 5.79. The Morgan fingerprint density at radius 3 is 2.84 bits per heavy atom. The molecule has 0 bridgehead atoms.